The van der Waals surface area contributed by atoms with E-state index in [2.05, 4.69) is 0 Å². The molecule has 0 radical (unpaired) electrons. The van der Waals surface area contributed by atoms with E-state index in [9.17, 15) is 25.2 Å². The molecule has 2 heterocycles. The molecule has 2 saturated heterocycles. The highest BCUT2D eigenvalue weighted by molar-refractivity contribution is 5.80. The van der Waals surface area contributed by atoms with Gasteiger partial charge in [-0.25, -0.2) is 0 Å². The molecular weight excluding hydrogens is 190 g/mol. The molecule has 1 amide bonds. The minimum atomic E-state index is -1.29. The lowest BCUT2D eigenvalue weighted by molar-refractivity contribution is -0.157. The molecule has 80 valence electrons. The molecule has 0 spiro atoms. The van der Waals surface area contributed by atoms with E-state index in [-0.39, 0.29) is 18.9 Å². The van der Waals surface area contributed by atoms with E-state index < -0.39 is 30.5 Å². The second-order valence-electron chi connectivity index (χ2n) is 3.86. The van der Waals surface area contributed by atoms with E-state index in [1.54, 1.807) is 0 Å². The number of carbonyl (C=O) groups excluding carboxylic acids is 1. The van der Waals surface area contributed by atoms with Crippen LogP contribution in [0.5, 0.6) is 0 Å². The van der Waals surface area contributed by atoms with Crippen LogP contribution >= 0.6 is 0 Å². The molecule has 2 aliphatic heterocycles. The number of rotatable bonds is 0. The van der Waals surface area contributed by atoms with Gasteiger partial charge in [-0.05, 0) is 0 Å². The van der Waals surface area contributed by atoms with Crippen LogP contribution in [0.3, 0.4) is 0 Å². The molecule has 0 saturated carbocycles. The highest BCUT2D eigenvalue weighted by Gasteiger charge is 2.50. The smallest absolute Gasteiger partial charge is 0.225 e. The third kappa shape index (κ3) is 1.23. The summed E-state index contributed by atoms with van der Waals surface area (Å²) in [4.78, 5) is 12.5. The molecule has 0 aromatic heterocycles. The molecule has 6 heteroatoms. The molecule has 0 aromatic rings. The molecule has 0 bridgehead atoms. The van der Waals surface area contributed by atoms with Crippen LogP contribution in [0.1, 0.15) is 6.42 Å². The molecule has 14 heavy (non-hydrogen) atoms. The Morgan fingerprint density at radius 1 is 1.07 bits per heavy atom. The lowest BCUT2D eigenvalue weighted by Gasteiger charge is -2.40. The second-order valence-corrected chi connectivity index (χ2v) is 3.86. The van der Waals surface area contributed by atoms with Gasteiger partial charge in [-0.15, -0.1) is 0 Å². The van der Waals surface area contributed by atoms with Gasteiger partial charge in [0.1, 0.15) is 18.3 Å². The minimum absolute atomic E-state index is 0.0290. The molecule has 6 nitrogen and oxygen atoms in total. The van der Waals surface area contributed by atoms with Gasteiger partial charge in [0.25, 0.3) is 0 Å². The number of hydrogen-bond donors (Lipinski definition) is 4. The lowest BCUT2D eigenvalue weighted by Crippen LogP contribution is -2.62. The standard InChI is InChI=1S/C8H13NO5/c10-3-1-5(12)9-2-4(11)7(13)8(14)6(3)9/h3-4,6-8,10-11,13-14H,1-2H2/t3-,4+,6-,7-,8-/m1/s1. The second kappa shape index (κ2) is 3.16. The quantitative estimate of drug-likeness (QED) is 0.337. The Balaban J connectivity index is 2.24. The predicted molar refractivity (Wildman–Crippen MR) is 44.1 cm³/mol. The summed E-state index contributed by atoms with van der Waals surface area (Å²) in [5.74, 6) is -0.299. The van der Waals surface area contributed by atoms with Crippen molar-refractivity contribution in [3.63, 3.8) is 0 Å². The van der Waals surface area contributed by atoms with E-state index in [0.717, 1.165) is 0 Å². The van der Waals surface area contributed by atoms with Crippen molar-refractivity contribution in [2.75, 3.05) is 6.54 Å². The van der Waals surface area contributed by atoms with E-state index in [0.29, 0.717) is 0 Å². The zero-order valence-corrected chi connectivity index (χ0v) is 7.45. The van der Waals surface area contributed by atoms with Gasteiger partial charge in [-0.3, -0.25) is 4.79 Å². The summed E-state index contributed by atoms with van der Waals surface area (Å²) in [6, 6.07) is -0.777. The summed E-state index contributed by atoms with van der Waals surface area (Å²) in [6.45, 7) is -0.0290. The van der Waals surface area contributed by atoms with Gasteiger partial charge in [0.2, 0.25) is 5.91 Å². The minimum Gasteiger partial charge on any atom is -0.390 e. The Kier molecular flexibility index (Phi) is 2.23. The molecule has 0 aromatic carbocycles. The Labute approximate surface area is 80.4 Å². The monoisotopic (exact) mass is 203 g/mol. The first-order valence-corrected chi connectivity index (χ1v) is 4.54. The first-order chi connectivity index (χ1) is 6.52. The van der Waals surface area contributed by atoms with Crippen LogP contribution in [-0.4, -0.2) is 68.2 Å². The third-order valence-corrected chi connectivity index (χ3v) is 2.94. The van der Waals surface area contributed by atoms with Crippen LogP contribution in [0.4, 0.5) is 0 Å². The molecule has 5 atom stereocenters. The van der Waals surface area contributed by atoms with Gasteiger partial charge < -0.3 is 25.3 Å². The number of amides is 1. The highest BCUT2D eigenvalue weighted by Crippen LogP contribution is 2.28. The molecule has 0 unspecified atom stereocenters. The van der Waals surface area contributed by atoms with Crippen molar-refractivity contribution in [2.24, 2.45) is 0 Å². The maximum absolute atomic E-state index is 11.3. The van der Waals surface area contributed by atoms with E-state index in [4.69, 9.17) is 0 Å². The van der Waals surface area contributed by atoms with Crippen LogP contribution < -0.4 is 0 Å². The van der Waals surface area contributed by atoms with Gasteiger partial charge in [0.15, 0.2) is 0 Å². The zero-order valence-electron chi connectivity index (χ0n) is 7.45. The van der Waals surface area contributed by atoms with Crippen molar-refractivity contribution in [1.82, 2.24) is 4.90 Å². The van der Waals surface area contributed by atoms with E-state index >= 15 is 0 Å². The van der Waals surface area contributed by atoms with Crippen LogP contribution in [0, 0.1) is 0 Å². The van der Waals surface area contributed by atoms with Gasteiger partial charge >= 0.3 is 0 Å². The molecule has 2 fully saturated rings. The fourth-order valence-electron chi connectivity index (χ4n) is 2.17. The summed E-state index contributed by atoms with van der Waals surface area (Å²) in [5, 5.41) is 37.7. The van der Waals surface area contributed by atoms with Crippen molar-refractivity contribution in [1.29, 1.82) is 0 Å². The average molecular weight is 203 g/mol. The molecule has 2 rings (SSSR count). The van der Waals surface area contributed by atoms with Gasteiger partial charge in [-0.1, -0.05) is 0 Å². The maximum atomic E-state index is 11.3. The van der Waals surface area contributed by atoms with E-state index in [1.165, 1.54) is 4.90 Å². The number of aliphatic hydroxyl groups is 4. The maximum Gasteiger partial charge on any atom is 0.225 e. The van der Waals surface area contributed by atoms with Crippen molar-refractivity contribution in [2.45, 2.75) is 36.9 Å². The number of piperidine rings is 1. The summed E-state index contributed by atoms with van der Waals surface area (Å²) in [7, 11) is 0. The largest absolute Gasteiger partial charge is 0.390 e. The summed E-state index contributed by atoms with van der Waals surface area (Å²) in [5.41, 5.74) is 0. The summed E-state index contributed by atoms with van der Waals surface area (Å²) in [6.07, 6.45) is -4.73. The van der Waals surface area contributed by atoms with Crippen molar-refractivity contribution >= 4 is 5.91 Å². The van der Waals surface area contributed by atoms with Crippen molar-refractivity contribution in [3.05, 3.63) is 0 Å². The highest BCUT2D eigenvalue weighted by atomic mass is 16.4. The van der Waals surface area contributed by atoms with Gasteiger partial charge in [0.05, 0.1) is 18.6 Å². The molecule has 0 aliphatic carbocycles. The summed E-state index contributed by atoms with van der Waals surface area (Å²) < 4.78 is 0. The van der Waals surface area contributed by atoms with Gasteiger partial charge in [-0.2, -0.15) is 0 Å². The van der Waals surface area contributed by atoms with Crippen LogP contribution in [0.15, 0.2) is 0 Å². The fraction of sp³-hybridized carbons (Fsp3) is 0.875. The van der Waals surface area contributed by atoms with E-state index in [1.807, 2.05) is 0 Å². The lowest BCUT2D eigenvalue weighted by atomic mass is 9.93. The number of carbonyl (C=O) groups is 1. The predicted octanol–water partition coefficient (Wildman–Crippen LogP) is -2.96. The van der Waals surface area contributed by atoms with Crippen molar-refractivity contribution < 1.29 is 25.2 Å². The number of nitrogens with zero attached hydrogens (tertiary/aromatic N) is 1. The topological polar surface area (TPSA) is 101 Å². The summed E-state index contributed by atoms with van der Waals surface area (Å²) >= 11 is 0. The Morgan fingerprint density at radius 2 is 1.71 bits per heavy atom. The Bertz CT molecular complexity index is 258. The zero-order chi connectivity index (χ0) is 10.5. The van der Waals surface area contributed by atoms with Crippen LogP contribution in [0.25, 0.3) is 0 Å². The molecule has 2 aliphatic rings. The molecule has 4 N–H and O–H groups in total. The fourth-order valence-corrected chi connectivity index (χ4v) is 2.17. The first-order valence-electron chi connectivity index (χ1n) is 4.54. The Morgan fingerprint density at radius 3 is 2.36 bits per heavy atom. The van der Waals surface area contributed by atoms with Crippen LogP contribution in [0.2, 0.25) is 0 Å². The third-order valence-electron chi connectivity index (χ3n) is 2.94. The molecular formula is C8H13NO5. The normalized spacial score (nSPS) is 48.1. The number of hydrogen-bond acceptors (Lipinski definition) is 5. The first kappa shape index (κ1) is 9.85. The Hall–Kier alpha value is -0.690. The van der Waals surface area contributed by atoms with Crippen molar-refractivity contribution in [3.8, 4) is 0 Å². The van der Waals surface area contributed by atoms with Gasteiger partial charge in [0, 0.05) is 6.54 Å². The average Bonchev–Trinajstić information content (AvgIpc) is 2.38. The number of fused-ring (bicyclic) bond motifs is 1. The number of aliphatic hydroxyl groups excluding tert-OH is 4. The van der Waals surface area contributed by atoms with Crippen LogP contribution in [-0.2, 0) is 4.79 Å². The SMILES string of the molecule is O=C1C[C@@H](O)[C@@H]2[C@@H](O)[C@H](O)[C@@H](O)CN12.